The second-order valence-electron chi connectivity index (χ2n) is 5.34. The minimum Gasteiger partial charge on any atom is -0.494 e. The van der Waals surface area contributed by atoms with Gasteiger partial charge in [-0.15, -0.1) is 0 Å². The molecule has 0 unspecified atom stereocenters. The summed E-state index contributed by atoms with van der Waals surface area (Å²) in [4.78, 5) is 12.0. The Labute approximate surface area is 152 Å². The van der Waals surface area contributed by atoms with E-state index in [-0.39, 0.29) is 12.5 Å². The number of methoxy groups -OCH3 is 1. The number of carbonyl (C=O) groups is 1. The van der Waals surface area contributed by atoms with Crippen molar-refractivity contribution in [3.63, 3.8) is 0 Å². The standard InChI is InChI=1S/C19H23FN2O4/c1-3-26-14-8-9-17(22-19(23)13-25-11-10-24-2)18(12-14)21-16-7-5-4-6-15(16)20/h4-9,12,21H,3,10-11,13H2,1-2H3,(H,22,23). The zero-order valence-electron chi connectivity index (χ0n) is 14.9. The third-order valence-corrected chi connectivity index (χ3v) is 3.38. The number of benzene rings is 2. The lowest BCUT2D eigenvalue weighted by Gasteiger charge is -2.15. The largest absolute Gasteiger partial charge is 0.494 e. The Morgan fingerprint density at radius 1 is 1.08 bits per heavy atom. The van der Waals surface area contributed by atoms with Crippen LogP contribution in [0.15, 0.2) is 42.5 Å². The highest BCUT2D eigenvalue weighted by molar-refractivity contribution is 5.95. The van der Waals surface area contributed by atoms with Crippen molar-refractivity contribution in [2.75, 3.05) is 44.2 Å². The Kier molecular flexibility index (Phi) is 7.85. The highest BCUT2D eigenvalue weighted by Crippen LogP contribution is 2.31. The summed E-state index contributed by atoms with van der Waals surface area (Å²) in [5, 5.41) is 5.74. The average molecular weight is 362 g/mol. The number of amides is 1. The SMILES string of the molecule is CCOc1ccc(NC(=O)COCCOC)c(Nc2ccccc2F)c1. The molecule has 140 valence electrons. The third-order valence-electron chi connectivity index (χ3n) is 3.38. The van der Waals surface area contributed by atoms with Crippen molar-refractivity contribution >= 4 is 23.0 Å². The zero-order chi connectivity index (χ0) is 18.8. The van der Waals surface area contributed by atoms with E-state index >= 15 is 0 Å². The quantitative estimate of drug-likeness (QED) is 0.633. The Bertz CT molecular complexity index is 724. The zero-order valence-corrected chi connectivity index (χ0v) is 14.9. The van der Waals surface area contributed by atoms with E-state index in [2.05, 4.69) is 10.6 Å². The van der Waals surface area contributed by atoms with Crippen LogP contribution in [0.25, 0.3) is 0 Å². The highest BCUT2D eigenvalue weighted by Gasteiger charge is 2.11. The number of para-hydroxylation sites is 1. The molecule has 0 spiro atoms. The van der Waals surface area contributed by atoms with E-state index < -0.39 is 5.82 Å². The number of anilines is 3. The van der Waals surface area contributed by atoms with Crippen molar-refractivity contribution < 1.29 is 23.4 Å². The van der Waals surface area contributed by atoms with Crippen molar-refractivity contribution in [1.29, 1.82) is 0 Å². The Morgan fingerprint density at radius 3 is 2.62 bits per heavy atom. The van der Waals surface area contributed by atoms with Crippen molar-refractivity contribution in [3.8, 4) is 5.75 Å². The maximum absolute atomic E-state index is 13.9. The monoisotopic (exact) mass is 362 g/mol. The minimum atomic E-state index is -0.394. The molecule has 1 amide bonds. The van der Waals surface area contributed by atoms with Crippen molar-refractivity contribution in [2.45, 2.75) is 6.92 Å². The highest BCUT2D eigenvalue weighted by atomic mass is 19.1. The summed E-state index contributed by atoms with van der Waals surface area (Å²) >= 11 is 0. The van der Waals surface area contributed by atoms with Crippen molar-refractivity contribution in [1.82, 2.24) is 0 Å². The summed E-state index contributed by atoms with van der Waals surface area (Å²) in [6.07, 6.45) is 0. The third kappa shape index (κ3) is 6.02. The Balaban J connectivity index is 2.14. The molecule has 0 atom stereocenters. The second kappa shape index (κ2) is 10.4. The summed E-state index contributed by atoms with van der Waals surface area (Å²) in [5.74, 6) is -0.1000. The van der Waals surface area contributed by atoms with E-state index in [0.717, 1.165) is 0 Å². The first kappa shape index (κ1) is 19.7. The number of nitrogens with one attached hydrogen (secondary N) is 2. The van der Waals surface area contributed by atoms with Gasteiger partial charge in [-0.05, 0) is 31.2 Å². The van der Waals surface area contributed by atoms with E-state index in [4.69, 9.17) is 14.2 Å². The van der Waals surface area contributed by atoms with Crippen molar-refractivity contribution in [2.24, 2.45) is 0 Å². The fourth-order valence-corrected chi connectivity index (χ4v) is 2.19. The van der Waals surface area contributed by atoms with Gasteiger partial charge >= 0.3 is 0 Å². The van der Waals surface area contributed by atoms with E-state index in [9.17, 15) is 9.18 Å². The molecule has 7 heteroatoms. The topological polar surface area (TPSA) is 68.8 Å². The van der Waals surface area contributed by atoms with E-state index in [1.165, 1.54) is 6.07 Å². The fourth-order valence-electron chi connectivity index (χ4n) is 2.19. The first-order chi connectivity index (χ1) is 12.6. The maximum atomic E-state index is 13.9. The molecule has 0 aliphatic heterocycles. The summed E-state index contributed by atoms with van der Waals surface area (Å²) < 4.78 is 29.5. The molecule has 0 aliphatic carbocycles. The second-order valence-corrected chi connectivity index (χ2v) is 5.34. The molecular formula is C19H23FN2O4. The minimum absolute atomic E-state index is 0.101. The predicted octanol–water partition coefficient (Wildman–Crippen LogP) is 3.57. The molecule has 0 aliphatic rings. The van der Waals surface area contributed by atoms with Crippen LogP contribution in [-0.4, -0.2) is 39.4 Å². The molecule has 0 aromatic heterocycles. The molecule has 0 heterocycles. The van der Waals surface area contributed by atoms with Gasteiger partial charge in [-0.2, -0.15) is 0 Å². The van der Waals surface area contributed by atoms with Gasteiger partial charge in [-0.1, -0.05) is 12.1 Å². The van der Waals surface area contributed by atoms with Gasteiger partial charge in [-0.25, -0.2) is 4.39 Å². The van der Waals surface area contributed by atoms with Crippen LogP contribution in [0.1, 0.15) is 6.92 Å². The first-order valence-corrected chi connectivity index (χ1v) is 8.29. The molecule has 6 nitrogen and oxygen atoms in total. The number of hydrogen-bond acceptors (Lipinski definition) is 5. The van der Waals surface area contributed by atoms with Crippen LogP contribution in [0.3, 0.4) is 0 Å². The number of carbonyl (C=O) groups excluding carboxylic acids is 1. The molecule has 0 saturated carbocycles. The predicted molar refractivity (Wildman–Crippen MR) is 98.6 cm³/mol. The summed E-state index contributed by atoms with van der Waals surface area (Å²) in [7, 11) is 1.56. The molecule has 2 aromatic carbocycles. The molecular weight excluding hydrogens is 339 g/mol. The van der Waals surface area contributed by atoms with Gasteiger partial charge in [-0.3, -0.25) is 4.79 Å². The van der Waals surface area contributed by atoms with Gasteiger partial charge in [0.2, 0.25) is 5.91 Å². The smallest absolute Gasteiger partial charge is 0.250 e. The lowest BCUT2D eigenvalue weighted by Crippen LogP contribution is -2.20. The summed E-state index contributed by atoms with van der Waals surface area (Å²) in [5.41, 5.74) is 1.32. The molecule has 0 radical (unpaired) electrons. The van der Waals surface area contributed by atoms with Gasteiger partial charge in [0, 0.05) is 13.2 Å². The molecule has 2 rings (SSSR count). The Hall–Kier alpha value is -2.64. The normalized spacial score (nSPS) is 10.4. The molecule has 0 saturated heterocycles. The number of halogens is 1. The van der Waals surface area contributed by atoms with Gasteiger partial charge in [0.15, 0.2) is 0 Å². The van der Waals surface area contributed by atoms with Crippen LogP contribution in [0.4, 0.5) is 21.5 Å². The van der Waals surface area contributed by atoms with Gasteiger partial charge in [0.1, 0.15) is 18.2 Å². The van der Waals surface area contributed by atoms with Gasteiger partial charge < -0.3 is 24.8 Å². The number of rotatable bonds is 10. The summed E-state index contributed by atoms with van der Waals surface area (Å²) in [6.45, 7) is 3.01. The van der Waals surface area contributed by atoms with Gasteiger partial charge in [0.25, 0.3) is 0 Å². The molecule has 2 aromatic rings. The molecule has 2 N–H and O–H groups in total. The number of hydrogen-bond donors (Lipinski definition) is 2. The van der Waals surface area contributed by atoms with Crippen LogP contribution in [0.5, 0.6) is 5.75 Å². The lowest BCUT2D eigenvalue weighted by molar-refractivity contribution is -0.121. The molecule has 26 heavy (non-hydrogen) atoms. The molecule has 0 bridgehead atoms. The number of ether oxygens (including phenoxy) is 3. The lowest BCUT2D eigenvalue weighted by atomic mass is 10.2. The van der Waals surface area contributed by atoms with Gasteiger partial charge in [0.05, 0.1) is 36.9 Å². The fraction of sp³-hybridized carbons (Fsp3) is 0.316. The maximum Gasteiger partial charge on any atom is 0.250 e. The first-order valence-electron chi connectivity index (χ1n) is 8.29. The molecule has 0 fully saturated rings. The summed E-state index contributed by atoms with van der Waals surface area (Å²) in [6, 6.07) is 11.4. The van der Waals surface area contributed by atoms with Crippen LogP contribution in [-0.2, 0) is 14.3 Å². The van der Waals surface area contributed by atoms with Crippen LogP contribution in [0, 0.1) is 5.82 Å². The van der Waals surface area contributed by atoms with Crippen LogP contribution >= 0.6 is 0 Å². The van der Waals surface area contributed by atoms with E-state index in [1.54, 1.807) is 43.5 Å². The Morgan fingerprint density at radius 2 is 1.88 bits per heavy atom. The van der Waals surface area contributed by atoms with Crippen molar-refractivity contribution in [3.05, 3.63) is 48.3 Å². The average Bonchev–Trinajstić information content (AvgIpc) is 2.63. The van der Waals surface area contributed by atoms with Crippen LogP contribution < -0.4 is 15.4 Å². The van der Waals surface area contributed by atoms with E-state index in [0.29, 0.717) is 42.6 Å². The van der Waals surface area contributed by atoms with Crippen LogP contribution in [0.2, 0.25) is 0 Å². The van der Waals surface area contributed by atoms with E-state index in [1.807, 2.05) is 6.92 Å².